The second-order valence-corrected chi connectivity index (χ2v) is 7.12. The van der Waals surface area contributed by atoms with E-state index in [4.69, 9.17) is 16.3 Å². The van der Waals surface area contributed by atoms with Crippen molar-refractivity contribution in [3.63, 3.8) is 0 Å². The third-order valence-corrected chi connectivity index (χ3v) is 4.94. The summed E-state index contributed by atoms with van der Waals surface area (Å²) in [6, 6.07) is 24.2. The molecule has 0 fully saturated rings. The molecule has 3 aromatic rings. The molecule has 6 heteroatoms. The van der Waals surface area contributed by atoms with Gasteiger partial charge in [0.05, 0.1) is 12.2 Å². The summed E-state index contributed by atoms with van der Waals surface area (Å²) in [4.78, 5) is 28.9. The molecule has 1 heterocycles. The highest BCUT2D eigenvalue weighted by Gasteiger charge is 2.29. The monoisotopic (exact) mass is 406 g/mol. The van der Waals surface area contributed by atoms with Crippen LogP contribution in [0.15, 0.2) is 78.9 Å². The Morgan fingerprint density at radius 2 is 1.69 bits per heavy atom. The number of halogens is 1. The van der Waals surface area contributed by atoms with Crippen LogP contribution in [0.25, 0.3) is 0 Å². The van der Waals surface area contributed by atoms with Crippen molar-refractivity contribution in [1.82, 2.24) is 0 Å². The number of benzene rings is 3. The molecule has 146 valence electrons. The third-order valence-electron chi connectivity index (χ3n) is 4.71. The minimum absolute atomic E-state index is 0.0999. The number of amides is 2. The summed E-state index contributed by atoms with van der Waals surface area (Å²) in [6.45, 7) is 0.202. The quantitative estimate of drug-likeness (QED) is 0.634. The maximum atomic E-state index is 13.3. The van der Waals surface area contributed by atoms with Gasteiger partial charge >= 0.3 is 0 Å². The first kappa shape index (κ1) is 19.0. The summed E-state index contributed by atoms with van der Waals surface area (Å²) in [7, 11) is 0. The Morgan fingerprint density at radius 3 is 2.41 bits per heavy atom. The van der Waals surface area contributed by atoms with Crippen LogP contribution in [0.3, 0.4) is 0 Å². The summed E-state index contributed by atoms with van der Waals surface area (Å²) >= 11 is 6.10. The molecular formula is C23H19ClN2O3. The molecule has 0 saturated carbocycles. The van der Waals surface area contributed by atoms with E-state index < -0.39 is 0 Å². The maximum absolute atomic E-state index is 13.3. The largest absolute Gasteiger partial charge is 0.482 e. The molecule has 0 spiro atoms. The second-order valence-electron chi connectivity index (χ2n) is 6.68. The maximum Gasteiger partial charge on any atom is 0.265 e. The van der Waals surface area contributed by atoms with Gasteiger partial charge < -0.3 is 9.64 Å². The molecule has 4 rings (SSSR count). The number of para-hydroxylation sites is 1. The molecule has 0 saturated heterocycles. The van der Waals surface area contributed by atoms with Gasteiger partial charge in [0.1, 0.15) is 12.3 Å². The topological polar surface area (TPSA) is 49.9 Å². The number of carbonyl (C=O) groups is 2. The van der Waals surface area contributed by atoms with E-state index in [0.29, 0.717) is 23.0 Å². The average Bonchev–Trinajstić information content (AvgIpc) is 2.75. The van der Waals surface area contributed by atoms with Crippen molar-refractivity contribution in [2.24, 2.45) is 0 Å². The normalized spacial score (nSPS) is 12.9. The summed E-state index contributed by atoms with van der Waals surface area (Å²) in [5.74, 6) is 0.0678. The van der Waals surface area contributed by atoms with Gasteiger partial charge in [-0.3, -0.25) is 14.5 Å². The van der Waals surface area contributed by atoms with Crippen LogP contribution in [0.5, 0.6) is 5.75 Å². The Labute approximate surface area is 174 Å². The van der Waals surface area contributed by atoms with Crippen molar-refractivity contribution in [3.05, 3.63) is 89.4 Å². The molecule has 0 N–H and O–H groups in total. The molecule has 0 aromatic heterocycles. The van der Waals surface area contributed by atoms with E-state index in [1.165, 1.54) is 4.90 Å². The van der Waals surface area contributed by atoms with Gasteiger partial charge in [0.2, 0.25) is 5.91 Å². The van der Waals surface area contributed by atoms with Gasteiger partial charge in [-0.15, -0.1) is 0 Å². The van der Waals surface area contributed by atoms with Gasteiger partial charge in [-0.05, 0) is 35.9 Å². The number of hydrogen-bond donors (Lipinski definition) is 0. The molecule has 2 amide bonds. The Kier molecular flexibility index (Phi) is 5.49. The van der Waals surface area contributed by atoms with Crippen molar-refractivity contribution in [2.75, 3.05) is 23.0 Å². The zero-order valence-corrected chi connectivity index (χ0v) is 16.4. The van der Waals surface area contributed by atoms with E-state index in [1.807, 2.05) is 60.7 Å². The van der Waals surface area contributed by atoms with E-state index in [1.54, 1.807) is 23.1 Å². The molecule has 0 bridgehead atoms. The third kappa shape index (κ3) is 4.25. The average molecular weight is 407 g/mol. The fourth-order valence-corrected chi connectivity index (χ4v) is 3.43. The van der Waals surface area contributed by atoms with Gasteiger partial charge in [-0.1, -0.05) is 60.1 Å². The first-order chi connectivity index (χ1) is 14.1. The van der Waals surface area contributed by atoms with Crippen LogP contribution in [0.1, 0.15) is 5.56 Å². The number of nitrogens with zero attached hydrogens (tertiary/aromatic N) is 2. The standard InChI is InChI=1S/C23H19ClN2O3/c24-18-11-12-21-20(13-18)26(23(28)16-29-21)15-22(27)25(19-9-5-2-6-10-19)14-17-7-3-1-4-8-17/h1-13H,14-16H2. The van der Waals surface area contributed by atoms with Crippen molar-refractivity contribution in [1.29, 1.82) is 0 Å². The Morgan fingerprint density at radius 1 is 1.00 bits per heavy atom. The van der Waals surface area contributed by atoms with Crippen LogP contribution in [0.2, 0.25) is 5.02 Å². The number of hydrogen-bond acceptors (Lipinski definition) is 3. The lowest BCUT2D eigenvalue weighted by Gasteiger charge is -2.31. The Bertz CT molecular complexity index is 1020. The van der Waals surface area contributed by atoms with E-state index in [9.17, 15) is 9.59 Å². The van der Waals surface area contributed by atoms with Crippen molar-refractivity contribution in [3.8, 4) is 5.75 Å². The highest BCUT2D eigenvalue weighted by atomic mass is 35.5. The predicted molar refractivity (Wildman–Crippen MR) is 113 cm³/mol. The van der Waals surface area contributed by atoms with Gasteiger partial charge in [0, 0.05) is 10.7 Å². The zero-order chi connectivity index (χ0) is 20.2. The van der Waals surface area contributed by atoms with Crippen LogP contribution in [0, 0.1) is 0 Å². The zero-order valence-electron chi connectivity index (χ0n) is 15.6. The number of carbonyl (C=O) groups excluding carboxylic acids is 2. The Balaban J connectivity index is 1.63. The summed E-state index contributed by atoms with van der Waals surface area (Å²) in [5.41, 5.74) is 2.28. The fraction of sp³-hybridized carbons (Fsp3) is 0.130. The summed E-state index contributed by atoms with van der Waals surface area (Å²) in [6.07, 6.45) is 0. The fourth-order valence-electron chi connectivity index (χ4n) is 3.27. The lowest BCUT2D eigenvalue weighted by Crippen LogP contribution is -2.46. The first-order valence-corrected chi connectivity index (χ1v) is 9.61. The van der Waals surface area contributed by atoms with Gasteiger partial charge in [-0.2, -0.15) is 0 Å². The number of rotatable bonds is 5. The SMILES string of the molecule is O=C(CN1C(=O)COc2ccc(Cl)cc21)N(Cc1ccccc1)c1ccccc1. The molecule has 0 unspecified atom stereocenters. The smallest absolute Gasteiger partial charge is 0.265 e. The van der Waals surface area contributed by atoms with E-state index in [-0.39, 0.29) is 25.0 Å². The van der Waals surface area contributed by atoms with Crippen LogP contribution < -0.4 is 14.5 Å². The molecular weight excluding hydrogens is 388 g/mol. The summed E-state index contributed by atoms with van der Waals surface area (Å²) in [5, 5.41) is 0.476. The lowest BCUT2D eigenvalue weighted by molar-refractivity contribution is -0.124. The van der Waals surface area contributed by atoms with Crippen LogP contribution >= 0.6 is 11.6 Å². The molecule has 0 aliphatic carbocycles. The minimum Gasteiger partial charge on any atom is -0.482 e. The molecule has 1 aliphatic rings. The second kappa shape index (κ2) is 8.37. The first-order valence-electron chi connectivity index (χ1n) is 9.24. The molecule has 0 atom stereocenters. The number of anilines is 2. The van der Waals surface area contributed by atoms with Crippen molar-refractivity contribution in [2.45, 2.75) is 6.54 Å². The van der Waals surface area contributed by atoms with E-state index in [0.717, 1.165) is 11.3 Å². The number of ether oxygens (including phenoxy) is 1. The molecule has 5 nitrogen and oxygen atoms in total. The highest BCUT2D eigenvalue weighted by molar-refractivity contribution is 6.31. The highest BCUT2D eigenvalue weighted by Crippen LogP contribution is 2.34. The van der Waals surface area contributed by atoms with Gasteiger partial charge in [0.15, 0.2) is 6.61 Å². The molecule has 0 radical (unpaired) electrons. The summed E-state index contributed by atoms with van der Waals surface area (Å²) < 4.78 is 5.47. The number of fused-ring (bicyclic) bond motifs is 1. The van der Waals surface area contributed by atoms with Crippen LogP contribution in [0.4, 0.5) is 11.4 Å². The molecule has 29 heavy (non-hydrogen) atoms. The molecule has 3 aromatic carbocycles. The minimum atomic E-state index is -0.277. The lowest BCUT2D eigenvalue weighted by atomic mass is 10.2. The Hall–Kier alpha value is -3.31. The van der Waals surface area contributed by atoms with E-state index >= 15 is 0 Å². The van der Waals surface area contributed by atoms with Crippen LogP contribution in [-0.2, 0) is 16.1 Å². The van der Waals surface area contributed by atoms with Gasteiger partial charge in [0.25, 0.3) is 5.91 Å². The van der Waals surface area contributed by atoms with Crippen molar-refractivity contribution >= 4 is 34.8 Å². The van der Waals surface area contributed by atoms with Crippen LogP contribution in [-0.4, -0.2) is 25.0 Å². The van der Waals surface area contributed by atoms with Crippen molar-refractivity contribution < 1.29 is 14.3 Å². The van der Waals surface area contributed by atoms with Gasteiger partial charge in [-0.25, -0.2) is 0 Å². The predicted octanol–water partition coefficient (Wildman–Crippen LogP) is 4.30. The van der Waals surface area contributed by atoms with E-state index in [2.05, 4.69) is 0 Å². The molecule has 1 aliphatic heterocycles.